The molecule has 11 aromatic rings. The highest BCUT2D eigenvalue weighted by molar-refractivity contribution is 7.27. The number of allylic oxidation sites excluding steroid dienone is 1. The first-order valence-corrected chi connectivity index (χ1v) is 23.7. The van der Waals surface area contributed by atoms with Crippen LogP contribution in [0.15, 0.2) is 188 Å². The number of hydrogen-bond acceptors (Lipinski definition) is 3. The van der Waals surface area contributed by atoms with Gasteiger partial charge in [-0.3, -0.25) is 4.57 Å². The summed E-state index contributed by atoms with van der Waals surface area (Å²) in [4.78, 5) is 6.32. The van der Waals surface area contributed by atoms with Crippen LogP contribution in [0.1, 0.15) is 22.9 Å². The van der Waals surface area contributed by atoms with Crippen molar-refractivity contribution in [3.63, 3.8) is 0 Å². The minimum Gasteiger partial charge on any atom is -0.309 e. The van der Waals surface area contributed by atoms with E-state index in [0.29, 0.717) is 11.5 Å². The van der Waals surface area contributed by atoms with E-state index >= 15 is 0 Å². The van der Waals surface area contributed by atoms with Crippen molar-refractivity contribution in [1.82, 2.24) is 14.1 Å². The van der Waals surface area contributed by atoms with Crippen LogP contribution in [-0.4, -0.2) is 22.2 Å². The lowest BCUT2D eigenvalue weighted by atomic mass is 9.94. The Labute approximate surface area is 358 Å². The molecule has 0 fully saturated rings. The van der Waals surface area contributed by atoms with Crippen LogP contribution in [0.5, 0.6) is 0 Å². The monoisotopic (exact) mass is 814 g/mol. The molecule has 1 unspecified atom stereocenters. The van der Waals surface area contributed by atoms with Gasteiger partial charge in [-0.15, -0.1) is 11.3 Å². The molecule has 4 aromatic heterocycles. The maximum Gasteiger partial charge on any atom is 0.181 e. The predicted octanol–water partition coefficient (Wildman–Crippen LogP) is 10.9. The molecule has 7 aromatic carbocycles. The zero-order chi connectivity index (χ0) is 40.7. The Kier molecular flexibility index (Phi) is 8.11. The van der Waals surface area contributed by atoms with Crippen molar-refractivity contribution in [1.29, 1.82) is 5.26 Å². The number of para-hydroxylation sites is 2. The summed E-state index contributed by atoms with van der Waals surface area (Å²) in [6.07, 6.45) is 7.62. The van der Waals surface area contributed by atoms with Gasteiger partial charge in [-0.05, 0) is 111 Å². The number of nitriles is 1. The van der Waals surface area contributed by atoms with Crippen molar-refractivity contribution in [2.45, 2.75) is 13.3 Å². The number of rotatable bonds is 6. The Morgan fingerprint density at radius 1 is 0.607 bits per heavy atom. The predicted molar refractivity (Wildman–Crippen MR) is 259 cm³/mol. The third kappa shape index (κ3) is 5.24. The van der Waals surface area contributed by atoms with Crippen molar-refractivity contribution in [3.05, 3.63) is 204 Å². The Hall–Kier alpha value is -7.30. The summed E-state index contributed by atoms with van der Waals surface area (Å²) in [6, 6.07) is 66.5. The van der Waals surface area contributed by atoms with Gasteiger partial charge in [0.15, 0.2) is 8.07 Å². The van der Waals surface area contributed by atoms with Crippen LogP contribution < -0.4 is 20.7 Å². The van der Waals surface area contributed by atoms with Gasteiger partial charge < -0.3 is 4.57 Å². The fourth-order valence-corrected chi connectivity index (χ4v) is 17.0. The maximum absolute atomic E-state index is 11.0. The molecule has 0 saturated carbocycles. The average molecular weight is 815 g/mol. The van der Waals surface area contributed by atoms with Crippen LogP contribution in [0, 0.1) is 17.2 Å². The molecule has 12 rings (SSSR count). The quantitative estimate of drug-likeness (QED) is 0.124. The summed E-state index contributed by atoms with van der Waals surface area (Å²) in [5, 5.41) is 22.1. The number of thiophene rings is 1. The molecule has 0 bridgehead atoms. The lowest BCUT2D eigenvalue weighted by Crippen LogP contribution is -2.74. The van der Waals surface area contributed by atoms with Crippen LogP contribution in [0.3, 0.4) is 0 Å². The van der Waals surface area contributed by atoms with Gasteiger partial charge in [-0.2, -0.15) is 5.26 Å². The molecule has 4 nitrogen and oxygen atoms in total. The van der Waals surface area contributed by atoms with Gasteiger partial charge in [0.2, 0.25) is 0 Å². The first-order chi connectivity index (χ1) is 30.1. The first kappa shape index (κ1) is 35.6. The topological polar surface area (TPSA) is 46.5 Å². The highest BCUT2D eigenvalue weighted by Crippen LogP contribution is 2.42. The molecule has 0 amide bonds. The molecule has 0 N–H and O–H groups in total. The summed E-state index contributed by atoms with van der Waals surface area (Å²) >= 11 is 1.93. The van der Waals surface area contributed by atoms with E-state index in [4.69, 9.17) is 4.98 Å². The van der Waals surface area contributed by atoms with Gasteiger partial charge in [0.05, 0.1) is 28.2 Å². The van der Waals surface area contributed by atoms with E-state index in [1.165, 1.54) is 52.0 Å². The highest BCUT2D eigenvalue weighted by atomic mass is 32.1. The van der Waals surface area contributed by atoms with Crippen molar-refractivity contribution < 1.29 is 0 Å². The van der Waals surface area contributed by atoms with Crippen LogP contribution >= 0.6 is 11.3 Å². The first-order valence-electron chi connectivity index (χ1n) is 20.9. The summed E-state index contributed by atoms with van der Waals surface area (Å²) in [6.45, 7) is 2.31. The third-order valence-corrected chi connectivity index (χ3v) is 19.1. The molecule has 0 saturated heterocycles. The zero-order valence-corrected chi connectivity index (χ0v) is 35.3. The van der Waals surface area contributed by atoms with E-state index in [0.717, 1.165) is 50.8 Å². The molecule has 288 valence electrons. The fourth-order valence-electron chi connectivity index (χ4n) is 10.3. The molecular weight excluding hydrogens is 777 g/mol. The smallest absolute Gasteiger partial charge is 0.181 e. The molecule has 0 radical (unpaired) electrons. The van der Waals surface area contributed by atoms with Gasteiger partial charge in [0, 0.05) is 48.7 Å². The Morgan fingerprint density at radius 2 is 1.26 bits per heavy atom. The van der Waals surface area contributed by atoms with Gasteiger partial charge in [-0.25, -0.2) is 4.98 Å². The van der Waals surface area contributed by atoms with E-state index < -0.39 is 8.07 Å². The normalized spacial score (nSPS) is 14.0. The van der Waals surface area contributed by atoms with E-state index in [2.05, 4.69) is 204 Å². The molecule has 0 spiro atoms. The van der Waals surface area contributed by atoms with E-state index in [9.17, 15) is 5.26 Å². The number of aromatic nitrogens is 3. The summed E-state index contributed by atoms with van der Waals surface area (Å²) in [7, 11) is -3.13. The van der Waals surface area contributed by atoms with Gasteiger partial charge in [-0.1, -0.05) is 128 Å². The lowest BCUT2D eigenvalue weighted by Gasteiger charge is -2.35. The number of nitrogens with zero attached hydrogens (tertiary/aromatic N) is 4. The SMILES string of the molecule is CC1C=Cc2sc3c([Si](c4ccccc4)(c4ccccc4)c4cc(C#N)cc(-n5c6ccccc6c6c7c8cccnc8n(-c8ccccc8)c7ccc65)c4)cccc3c2C1. The second-order valence-electron chi connectivity index (χ2n) is 16.3. The lowest BCUT2D eigenvalue weighted by molar-refractivity contribution is 0.724. The summed E-state index contributed by atoms with van der Waals surface area (Å²) in [5.41, 5.74) is 8.36. The average Bonchev–Trinajstić information content (AvgIpc) is 3.98. The summed E-state index contributed by atoms with van der Waals surface area (Å²) in [5.74, 6) is 0.493. The Balaban J connectivity index is 1.20. The van der Waals surface area contributed by atoms with Gasteiger partial charge >= 0.3 is 0 Å². The number of pyridine rings is 1. The Morgan fingerprint density at radius 3 is 2.02 bits per heavy atom. The Bertz CT molecular complexity index is 3550. The van der Waals surface area contributed by atoms with Crippen LogP contribution in [0.4, 0.5) is 0 Å². The van der Waals surface area contributed by atoms with Crippen molar-refractivity contribution >= 4 is 100 Å². The van der Waals surface area contributed by atoms with Gasteiger partial charge in [0.25, 0.3) is 0 Å². The van der Waals surface area contributed by atoms with Crippen LogP contribution in [0.25, 0.3) is 71.3 Å². The second kappa shape index (κ2) is 13.9. The standard InChI is InChI=1S/C55H38N4SSi/c1-36-26-29-50-46(31-36)43-22-13-25-51(54(43)60-50)61(40-17-7-3-8-18-40,41-19-9-4-10-20-41)42-33-37(35-56)32-39(34-42)58-47-24-12-11-21-44(47)52-48(58)27-28-49-53(52)45-23-14-30-57-55(45)59(49)38-15-5-2-6-16-38/h2-30,32-34,36H,31H2,1H3. The number of fused-ring (bicyclic) bond motifs is 10. The van der Waals surface area contributed by atoms with E-state index in [-0.39, 0.29) is 0 Å². The van der Waals surface area contributed by atoms with Crippen LogP contribution in [-0.2, 0) is 6.42 Å². The molecular formula is C55H38N4SSi. The van der Waals surface area contributed by atoms with Gasteiger partial charge in [0.1, 0.15) is 5.65 Å². The largest absolute Gasteiger partial charge is 0.309 e. The second-order valence-corrected chi connectivity index (χ2v) is 21.1. The molecule has 1 aliphatic carbocycles. The van der Waals surface area contributed by atoms with E-state index in [1.807, 2.05) is 23.6 Å². The van der Waals surface area contributed by atoms with Crippen molar-refractivity contribution in [2.75, 3.05) is 0 Å². The molecule has 1 atom stereocenters. The molecule has 0 aliphatic heterocycles. The summed E-state index contributed by atoms with van der Waals surface area (Å²) < 4.78 is 6.02. The van der Waals surface area contributed by atoms with E-state index in [1.54, 1.807) is 0 Å². The molecule has 6 heteroatoms. The zero-order valence-electron chi connectivity index (χ0n) is 33.5. The minimum absolute atomic E-state index is 0.493. The molecule has 1 aliphatic rings. The van der Waals surface area contributed by atoms with Crippen LogP contribution in [0.2, 0.25) is 0 Å². The van der Waals surface area contributed by atoms with Crippen molar-refractivity contribution in [3.8, 4) is 17.4 Å². The minimum atomic E-state index is -3.13. The maximum atomic E-state index is 11.0. The fraction of sp³-hybridized carbons (Fsp3) is 0.0545. The molecule has 4 heterocycles. The third-order valence-electron chi connectivity index (χ3n) is 12.8. The molecule has 61 heavy (non-hydrogen) atoms. The van der Waals surface area contributed by atoms with Crippen molar-refractivity contribution in [2.24, 2.45) is 5.92 Å². The number of benzene rings is 7. The number of hydrogen-bond donors (Lipinski definition) is 0. The highest BCUT2D eigenvalue weighted by Gasteiger charge is 2.44.